The van der Waals surface area contributed by atoms with Crippen LogP contribution in [0.3, 0.4) is 0 Å². The summed E-state index contributed by atoms with van der Waals surface area (Å²) in [5, 5.41) is 0.445. The Balaban J connectivity index is 1.83. The fourth-order valence-corrected chi connectivity index (χ4v) is 4.93. The van der Waals surface area contributed by atoms with Crippen LogP contribution in [0, 0.1) is 0 Å². The minimum absolute atomic E-state index is 0.265. The molecule has 0 aliphatic rings. The topological polar surface area (TPSA) is 47.2 Å². The first-order valence-corrected chi connectivity index (χ1v) is 10.4. The van der Waals surface area contributed by atoms with E-state index in [9.17, 15) is 4.79 Å². The lowest BCUT2D eigenvalue weighted by atomic mass is 10.2. The van der Waals surface area contributed by atoms with Crippen LogP contribution in [0.15, 0.2) is 47.5 Å². The van der Waals surface area contributed by atoms with Crippen LogP contribution in [0.5, 0.6) is 0 Å². The summed E-state index contributed by atoms with van der Waals surface area (Å²) in [6.45, 7) is 5.13. The molecule has 4 rings (SSSR count). The summed E-state index contributed by atoms with van der Waals surface area (Å²) in [6.07, 6.45) is 1.99. The van der Waals surface area contributed by atoms with Crippen LogP contribution < -0.4 is 4.80 Å². The number of aromatic nitrogens is 2. The van der Waals surface area contributed by atoms with E-state index in [1.165, 1.54) is 21.6 Å². The zero-order valence-electron chi connectivity index (χ0n) is 14.7. The molecule has 0 saturated heterocycles. The number of hydrogen-bond donors (Lipinski definition) is 0. The van der Waals surface area contributed by atoms with Crippen LogP contribution in [0.2, 0.25) is 0 Å². The largest absolute Gasteiger partial charge is 0.316 e. The molecular weight excluding hydrogens is 362 g/mol. The summed E-state index contributed by atoms with van der Waals surface area (Å²) in [5.41, 5.74) is 3.29. The van der Waals surface area contributed by atoms with E-state index < -0.39 is 0 Å². The average molecular weight is 382 g/mol. The number of para-hydroxylation sites is 1. The number of thiazole rings is 2. The summed E-state index contributed by atoms with van der Waals surface area (Å²) in [5.74, 6) is -0.265. The van der Waals surface area contributed by atoms with Gasteiger partial charge in [-0.1, -0.05) is 43.4 Å². The van der Waals surface area contributed by atoms with E-state index in [0.29, 0.717) is 5.01 Å². The van der Waals surface area contributed by atoms with Crippen molar-refractivity contribution in [3.8, 4) is 0 Å². The van der Waals surface area contributed by atoms with Crippen molar-refractivity contribution in [2.24, 2.45) is 4.99 Å². The second kappa shape index (κ2) is 7.13. The van der Waals surface area contributed by atoms with E-state index in [4.69, 9.17) is 0 Å². The molecule has 0 atom stereocenters. The van der Waals surface area contributed by atoms with Crippen LogP contribution in [-0.2, 0) is 13.0 Å². The monoisotopic (exact) mass is 381 g/mol. The Kier molecular flexibility index (Phi) is 4.70. The molecule has 0 radical (unpaired) electrons. The number of benzene rings is 2. The van der Waals surface area contributed by atoms with Crippen LogP contribution >= 0.6 is 22.7 Å². The zero-order chi connectivity index (χ0) is 18.1. The van der Waals surface area contributed by atoms with E-state index in [2.05, 4.69) is 46.6 Å². The van der Waals surface area contributed by atoms with Crippen molar-refractivity contribution >= 4 is 49.0 Å². The Bertz CT molecular complexity index is 1130. The first kappa shape index (κ1) is 17.1. The molecule has 4 nitrogen and oxygen atoms in total. The first-order chi connectivity index (χ1) is 12.7. The number of nitrogens with zero attached hydrogens (tertiary/aromatic N) is 3. The second-order valence-corrected chi connectivity index (χ2v) is 8.14. The summed E-state index contributed by atoms with van der Waals surface area (Å²) >= 11 is 2.97. The number of rotatable bonds is 4. The number of carbonyl (C=O) groups excluding carboxylic acids is 1. The van der Waals surface area contributed by atoms with Gasteiger partial charge in [0.25, 0.3) is 0 Å². The first-order valence-electron chi connectivity index (χ1n) is 8.76. The molecule has 0 saturated carbocycles. The van der Waals surface area contributed by atoms with E-state index >= 15 is 0 Å². The van der Waals surface area contributed by atoms with Gasteiger partial charge in [0.1, 0.15) is 0 Å². The molecule has 0 aliphatic heterocycles. The lowest BCUT2D eigenvalue weighted by Gasteiger charge is -2.03. The average Bonchev–Trinajstić information content (AvgIpc) is 3.23. The van der Waals surface area contributed by atoms with Gasteiger partial charge < -0.3 is 4.57 Å². The van der Waals surface area contributed by atoms with Crippen molar-refractivity contribution in [2.75, 3.05) is 0 Å². The maximum absolute atomic E-state index is 12.7. The minimum atomic E-state index is -0.265. The van der Waals surface area contributed by atoms with Crippen LogP contribution in [0.25, 0.3) is 20.4 Å². The molecular formula is C20H19N3OS2. The Morgan fingerprint density at radius 2 is 1.96 bits per heavy atom. The van der Waals surface area contributed by atoms with Gasteiger partial charge in [-0.15, -0.1) is 11.3 Å². The smallest absolute Gasteiger partial charge is 0.308 e. The molecule has 2 heterocycles. The molecule has 2 aromatic carbocycles. The van der Waals surface area contributed by atoms with E-state index in [-0.39, 0.29) is 5.91 Å². The van der Waals surface area contributed by atoms with Crippen molar-refractivity contribution in [1.29, 1.82) is 0 Å². The maximum atomic E-state index is 12.7. The number of aryl methyl sites for hydroxylation is 2. The number of carbonyl (C=O) groups is 1. The van der Waals surface area contributed by atoms with Gasteiger partial charge in [0.2, 0.25) is 0 Å². The highest BCUT2D eigenvalue weighted by molar-refractivity contribution is 7.20. The number of hydrogen-bond acceptors (Lipinski definition) is 4. The Morgan fingerprint density at radius 3 is 2.73 bits per heavy atom. The van der Waals surface area contributed by atoms with E-state index in [1.807, 2.05) is 24.3 Å². The molecule has 0 bridgehead atoms. The summed E-state index contributed by atoms with van der Waals surface area (Å²) in [6, 6.07) is 14.3. The standard InChI is InChI=1S/C20H19N3OS2/c1-3-11-23-15-10-9-13(4-2)12-17(15)26-20(23)22-18(24)19-21-14-7-5-6-8-16(14)25-19/h5-10,12H,3-4,11H2,1-2H3. The van der Waals surface area contributed by atoms with E-state index in [0.717, 1.165) is 39.9 Å². The molecule has 0 spiro atoms. The van der Waals surface area contributed by atoms with Crippen molar-refractivity contribution < 1.29 is 4.79 Å². The normalized spacial score (nSPS) is 12.3. The van der Waals surface area contributed by atoms with Gasteiger partial charge in [-0.2, -0.15) is 4.99 Å². The van der Waals surface area contributed by atoms with Gasteiger partial charge in [-0.25, -0.2) is 4.98 Å². The molecule has 132 valence electrons. The van der Waals surface area contributed by atoms with E-state index in [1.54, 1.807) is 11.3 Å². The van der Waals surface area contributed by atoms with Crippen molar-refractivity contribution in [2.45, 2.75) is 33.2 Å². The number of fused-ring (bicyclic) bond motifs is 2. The molecule has 0 fully saturated rings. The molecule has 26 heavy (non-hydrogen) atoms. The molecule has 0 N–H and O–H groups in total. The molecule has 2 aromatic heterocycles. The predicted molar refractivity (Wildman–Crippen MR) is 109 cm³/mol. The summed E-state index contributed by atoms with van der Waals surface area (Å²) in [4.78, 5) is 22.3. The van der Waals surface area contributed by atoms with Gasteiger partial charge in [-0.05, 0) is 42.7 Å². The second-order valence-electron chi connectivity index (χ2n) is 6.10. The Hall–Kier alpha value is -2.31. The van der Waals surface area contributed by atoms with Crippen LogP contribution in [0.4, 0.5) is 0 Å². The highest BCUT2D eigenvalue weighted by atomic mass is 32.1. The lowest BCUT2D eigenvalue weighted by Crippen LogP contribution is -2.16. The third-order valence-corrected chi connectivity index (χ3v) is 6.34. The third-order valence-electron chi connectivity index (χ3n) is 4.28. The van der Waals surface area contributed by atoms with Crippen LogP contribution in [0.1, 0.15) is 35.6 Å². The number of amides is 1. The van der Waals surface area contributed by atoms with Crippen LogP contribution in [-0.4, -0.2) is 15.5 Å². The quantitative estimate of drug-likeness (QED) is 0.498. The van der Waals surface area contributed by atoms with Gasteiger partial charge in [-0.3, -0.25) is 4.79 Å². The molecule has 0 aliphatic carbocycles. The van der Waals surface area contributed by atoms with Gasteiger partial charge in [0.15, 0.2) is 9.81 Å². The maximum Gasteiger partial charge on any atom is 0.308 e. The minimum Gasteiger partial charge on any atom is -0.316 e. The van der Waals surface area contributed by atoms with Crippen molar-refractivity contribution in [3.05, 3.63) is 57.8 Å². The highest BCUT2D eigenvalue weighted by Crippen LogP contribution is 2.23. The molecule has 6 heteroatoms. The Labute approximate surface area is 159 Å². The highest BCUT2D eigenvalue weighted by Gasteiger charge is 2.13. The fraction of sp³-hybridized carbons (Fsp3) is 0.250. The molecule has 0 unspecified atom stereocenters. The summed E-state index contributed by atoms with van der Waals surface area (Å²) in [7, 11) is 0. The Morgan fingerprint density at radius 1 is 1.12 bits per heavy atom. The van der Waals surface area contributed by atoms with Crippen molar-refractivity contribution in [1.82, 2.24) is 9.55 Å². The zero-order valence-corrected chi connectivity index (χ0v) is 16.4. The van der Waals surface area contributed by atoms with Crippen molar-refractivity contribution in [3.63, 3.8) is 0 Å². The fourth-order valence-electron chi connectivity index (χ4n) is 2.96. The van der Waals surface area contributed by atoms with Gasteiger partial charge >= 0.3 is 5.91 Å². The SMILES string of the molecule is CCCn1c(=NC(=O)c2nc3ccccc3s2)sc2cc(CC)ccc21. The molecule has 1 amide bonds. The predicted octanol–water partition coefficient (Wildman–Crippen LogP) is 5.03. The lowest BCUT2D eigenvalue weighted by molar-refractivity contribution is 0.0997. The third kappa shape index (κ3) is 3.10. The molecule has 4 aromatic rings. The van der Waals surface area contributed by atoms with Gasteiger partial charge in [0.05, 0.1) is 20.4 Å². The summed E-state index contributed by atoms with van der Waals surface area (Å²) < 4.78 is 4.33. The van der Waals surface area contributed by atoms with Gasteiger partial charge in [0, 0.05) is 6.54 Å².